The Bertz CT molecular complexity index is 1090. The number of alkyl halides is 3. The molecule has 3 heterocycles. The van der Waals surface area contributed by atoms with Gasteiger partial charge in [-0.05, 0) is 47.0 Å². The van der Waals surface area contributed by atoms with Crippen molar-refractivity contribution in [3.8, 4) is 11.3 Å². The van der Waals surface area contributed by atoms with Crippen molar-refractivity contribution in [2.24, 2.45) is 0 Å². The molecule has 1 aliphatic heterocycles. The predicted molar refractivity (Wildman–Crippen MR) is 110 cm³/mol. The van der Waals surface area contributed by atoms with Gasteiger partial charge in [0, 0.05) is 23.2 Å². The van der Waals surface area contributed by atoms with Crippen molar-refractivity contribution in [1.82, 2.24) is 19.9 Å². The van der Waals surface area contributed by atoms with Crippen LogP contribution in [0, 0.1) is 0 Å². The monoisotopic (exact) mass is 546 g/mol. The van der Waals surface area contributed by atoms with Gasteiger partial charge in [-0.1, -0.05) is 28.1 Å². The highest BCUT2D eigenvalue weighted by atomic mass is 79.9. The Morgan fingerprint density at radius 1 is 1.27 bits per heavy atom. The zero-order valence-electron chi connectivity index (χ0n) is 15.3. The van der Waals surface area contributed by atoms with Gasteiger partial charge >= 0.3 is 6.18 Å². The molecule has 6 nitrogen and oxygen atoms in total. The van der Waals surface area contributed by atoms with Gasteiger partial charge in [-0.2, -0.15) is 18.3 Å². The van der Waals surface area contributed by atoms with Crippen LogP contribution in [0.2, 0.25) is 0 Å². The van der Waals surface area contributed by atoms with Crippen LogP contribution in [0.5, 0.6) is 0 Å². The number of hydrogen-bond donors (Lipinski definition) is 1. The molecule has 11 heteroatoms. The number of hydrogen-bond acceptors (Lipinski definition) is 4. The quantitative estimate of drug-likeness (QED) is 0.507. The summed E-state index contributed by atoms with van der Waals surface area (Å²) in [6, 6.07) is 7.66. The molecule has 1 amide bonds. The summed E-state index contributed by atoms with van der Waals surface area (Å²) >= 11 is 6.51. The standard InChI is InChI=1S/C19H15Br2F3N4O2/c20-11-5-3-10(4-6-11)13-8-14(19(22,23)24)28-17(26-13)15(21)16(27-28)18(29)25-9-12-2-1-7-30-12/h3-6,8,12H,1-2,7,9H2,(H,25,29)/t12-/m0/s1. The molecule has 1 aliphatic rings. The van der Waals surface area contributed by atoms with Crippen LogP contribution >= 0.6 is 31.9 Å². The van der Waals surface area contributed by atoms with Crippen molar-refractivity contribution in [2.75, 3.05) is 13.2 Å². The normalized spacial score (nSPS) is 16.9. The first kappa shape index (κ1) is 21.3. The molecule has 1 atom stereocenters. The van der Waals surface area contributed by atoms with Crippen LogP contribution in [0.1, 0.15) is 29.0 Å². The molecule has 1 N–H and O–H groups in total. The Kier molecular flexibility index (Phi) is 5.86. The lowest BCUT2D eigenvalue weighted by atomic mass is 10.1. The Labute approximate surface area is 186 Å². The summed E-state index contributed by atoms with van der Waals surface area (Å²) in [4.78, 5) is 16.9. The Morgan fingerprint density at radius 3 is 2.63 bits per heavy atom. The van der Waals surface area contributed by atoms with Crippen molar-refractivity contribution < 1.29 is 22.7 Å². The van der Waals surface area contributed by atoms with E-state index in [-0.39, 0.29) is 34.2 Å². The largest absolute Gasteiger partial charge is 0.433 e. The van der Waals surface area contributed by atoms with E-state index in [0.717, 1.165) is 23.4 Å². The van der Waals surface area contributed by atoms with Crippen LogP contribution < -0.4 is 5.32 Å². The Morgan fingerprint density at radius 2 is 2.00 bits per heavy atom. The van der Waals surface area contributed by atoms with E-state index in [0.29, 0.717) is 16.7 Å². The third kappa shape index (κ3) is 4.23. The minimum atomic E-state index is -4.69. The Hall–Kier alpha value is -1.98. The van der Waals surface area contributed by atoms with Gasteiger partial charge in [0.15, 0.2) is 17.0 Å². The highest BCUT2D eigenvalue weighted by molar-refractivity contribution is 9.11. The van der Waals surface area contributed by atoms with E-state index in [4.69, 9.17) is 4.74 Å². The molecule has 0 saturated carbocycles. The van der Waals surface area contributed by atoms with Gasteiger partial charge in [-0.3, -0.25) is 4.79 Å². The summed E-state index contributed by atoms with van der Waals surface area (Å²) in [5, 5.41) is 6.57. The second-order valence-electron chi connectivity index (χ2n) is 6.77. The number of aromatic nitrogens is 3. The van der Waals surface area contributed by atoms with Gasteiger partial charge < -0.3 is 10.1 Å². The van der Waals surface area contributed by atoms with Crippen LogP contribution in [-0.4, -0.2) is 39.8 Å². The molecular weight excluding hydrogens is 533 g/mol. The van der Waals surface area contributed by atoms with Crippen molar-refractivity contribution in [3.63, 3.8) is 0 Å². The highest BCUT2D eigenvalue weighted by Crippen LogP contribution is 2.34. The lowest BCUT2D eigenvalue weighted by Crippen LogP contribution is -2.32. The number of ether oxygens (including phenoxy) is 1. The van der Waals surface area contributed by atoms with Crippen molar-refractivity contribution in [3.05, 3.63) is 50.7 Å². The molecule has 1 fully saturated rings. The number of nitrogens with zero attached hydrogens (tertiary/aromatic N) is 3. The summed E-state index contributed by atoms with van der Waals surface area (Å²) in [6.45, 7) is 0.902. The van der Waals surface area contributed by atoms with Crippen LogP contribution in [0.3, 0.4) is 0 Å². The fraction of sp³-hybridized carbons (Fsp3) is 0.316. The number of amides is 1. The van der Waals surface area contributed by atoms with Gasteiger partial charge in [0.25, 0.3) is 5.91 Å². The van der Waals surface area contributed by atoms with E-state index in [1.807, 2.05) is 0 Å². The second-order valence-corrected chi connectivity index (χ2v) is 8.48. The van der Waals surface area contributed by atoms with E-state index in [2.05, 4.69) is 47.3 Å². The smallest absolute Gasteiger partial charge is 0.376 e. The van der Waals surface area contributed by atoms with E-state index in [1.54, 1.807) is 24.3 Å². The topological polar surface area (TPSA) is 68.5 Å². The molecule has 1 saturated heterocycles. The van der Waals surface area contributed by atoms with Crippen LogP contribution in [0.25, 0.3) is 16.9 Å². The average molecular weight is 548 g/mol. The zero-order valence-corrected chi connectivity index (χ0v) is 18.5. The van der Waals surface area contributed by atoms with Gasteiger partial charge in [0.05, 0.1) is 16.3 Å². The van der Waals surface area contributed by atoms with E-state index in [1.165, 1.54) is 0 Å². The molecule has 158 valence electrons. The van der Waals surface area contributed by atoms with Crippen LogP contribution in [0.4, 0.5) is 13.2 Å². The van der Waals surface area contributed by atoms with E-state index >= 15 is 0 Å². The first-order valence-electron chi connectivity index (χ1n) is 9.06. The SMILES string of the molecule is O=C(NC[C@@H]1CCCO1)c1nn2c(C(F)(F)F)cc(-c3ccc(Br)cc3)nc2c1Br. The third-order valence-electron chi connectivity index (χ3n) is 4.69. The number of fused-ring (bicyclic) bond motifs is 1. The number of carbonyl (C=O) groups is 1. The van der Waals surface area contributed by atoms with Gasteiger partial charge in [0.2, 0.25) is 0 Å². The van der Waals surface area contributed by atoms with Gasteiger partial charge in [-0.15, -0.1) is 0 Å². The Balaban J connectivity index is 1.76. The molecular formula is C19H15Br2F3N4O2. The summed E-state index contributed by atoms with van der Waals surface area (Å²) in [6.07, 6.45) is -3.06. The maximum atomic E-state index is 13.7. The number of rotatable bonds is 4. The number of benzene rings is 1. The molecule has 4 rings (SSSR count). The number of halogens is 5. The summed E-state index contributed by atoms with van der Waals surface area (Å²) in [5.74, 6) is -0.596. The van der Waals surface area contributed by atoms with Crippen molar-refractivity contribution >= 4 is 43.4 Å². The first-order valence-corrected chi connectivity index (χ1v) is 10.6. The van der Waals surface area contributed by atoms with Crippen molar-refractivity contribution in [2.45, 2.75) is 25.1 Å². The maximum Gasteiger partial charge on any atom is 0.433 e. The second kappa shape index (κ2) is 8.27. The summed E-state index contributed by atoms with van der Waals surface area (Å²) in [7, 11) is 0. The molecule has 1 aromatic carbocycles. The molecule has 0 unspecified atom stereocenters. The lowest BCUT2D eigenvalue weighted by molar-refractivity contribution is -0.142. The number of nitrogens with one attached hydrogen (secondary N) is 1. The fourth-order valence-electron chi connectivity index (χ4n) is 3.20. The maximum absolute atomic E-state index is 13.7. The first-order chi connectivity index (χ1) is 14.2. The highest BCUT2D eigenvalue weighted by Gasteiger charge is 2.36. The number of carbonyl (C=O) groups excluding carboxylic acids is 1. The molecule has 0 radical (unpaired) electrons. The van der Waals surface area contributed by atoms with E-state index < -0.39 is 17.8 Å². The summed E-state index contributed by atoms with van der Waals surface area (Å²) in [5.41, 5.74) is -0.661. The molecule has 3 aromatic rings. The minimum Gasteiger partial charge on any atom is -0.376 e. The molecule has 30 heavy (non-hydrogen) atoms. The fourth-order valence-corrected chi connectivity index (χ4v) is 3.98. The molecule has 0 aliphatic carbocycles. The van der Waals surface area contributed by atoms with Crippen molar-refractivity contribution in [1.29, 1.82) is 0 Å². The minimum absolute atomic E-state index is 0.0926. The summed E-state index contributed by atoms with van der Waals surface area (Å²) < 4.78 is 48.2. The van der Waals surface area contributed by atoms with Crippen LogP contribution in [0.15, 0.2) is 39.3 Å². The zero-order chi connectivity index (χ0) is 21.5. The van der Waals surface area contributed by atoms with Crippen LogP contribution in [-0.2, 0) is 10.9 Å². The molecule has 0 spiro atoms. The molecule has 0 bridgehead atoms. The third-order valence-corrected chi connectivity index (χ3v) is 5.95. The van der Waals surface area contributed by atoms with Gasteiger partial charge in [0.1, 0.15) is 0 Å². The lowest BCUT2D eigenvalue weighted by Gasteiger charge is -2.11. The van der Waals surface area contributed by atoms with Gasteiger partial charge in [-0.25, -0.2) is 9.50 Å². The average Bonchev–Trinajstić information content (AvgIpc) is 3.33. The van der Waals surface area contributed by atoms with E-state index in [9.17, 15) is 18.0 Å². The molecule has 2 aromatic heterocycles. The predicted octanol–water partition coefficient (Wildman–Crippen LogP) is 4.85.